The van der Waals surface area contributed by atoms with E-state index in [-0.39, 0.29) is 5.56 Å². The van der Waals surface area contributed by atoms with E-state index in [0.717, 1.165) is 17.7 Å². The monoisotopic (exact) mass is 373 g/mol. The molecular weight excluding hydrogens is 360 g/mol. The summed E-state index contributed by atoms with van der Waals surface area (Å²) in [6.45, 7) is 1.68. The second-order valence-corrected chi connectivity index (χ2v) is 6.33. The van der Waals surface area contributed by atoms with Gasteiger partial charge in [0, 0.05) is 11.6 Å². The summed E-state index contributed by atoms with van der Waals surface area (Å²) in [6.07, 6.45) is 0. The third-order valence-corrected chi connectivity index (χ3v) is 4.69. The molecule has 0 fully saturated rings. The normalized spacial score (nSPS) is 10.4. The minimum absolute atomic E-state index is 0.323. The lowest BCUT2D eigenvalue weighted by Crippen LogP contribution is -2.41. The third kappa shape index (κ3) is 3.75. The van der Waals surface area contributed by atoms with E-state index in [2.05, 4.69) is 15.8 Å². The molecule has 0 aliphatic carbocycles. The summed E-state index contributed by atoms with van der Waals surface area (Å²) in [4.78, 5) is 28.9. The van der Waals surface area contributed by atoms with Gasteiger partial charge in [-0.25, -0.2) is 13.8 Å². The number of hydrogen-bond acceptors (Lipinski definition) is 4. The van der Waals surface area contributed by atoms with Crippen molar-refractivity contribution in [3.8, 4) is 10.6 Å². The Hall–Kier alpha value is -3.13. The van der Waals surface area contributed by atoms with Gasteiger partial charge >= 0.3 is 0 Å². The lowest BCUT2D eigenvalue weighted by Gasteiger charge is -2.07. The van der Waals surface area contributed by atoms with Gasteiger partial charge in [0.2, 0.25) is 0 Å². The predicted octanol–water partition coefficient (Wildman–Crippen LogP) is 3.47. The molecular formula is C18H13F2N3O2S. The first-order valence-electron chi connectivity index (χ1n) is 7.54. The summed E-state index contributed by atoms with van der Waals surface area (Å²) in [5.74, 6) is -3.27. The molecule has 0 saturated carbocycles. The van der Waals surface area contributed by atoms with Gasteiger partial charge in [0.1, 0.15) is 21.5 Å². The average molecular weight is 373 g/mol. The second-order valence-electron chi connectivity index (χ2n) is 5.33. The van der Waals surface area contributed by atoms with Crippen LogP contribution in [-0.2, 0) is 0 Å². The number of halogens is 2. The van der Waals surface area contributed by atoms with Gasteiger partial charge in [0.05, 0.1) is 11.3 Å². The van der Waals surface area contributed by atoms with E-state index in [1.165, 1.54) is 11.3 Å². The Bertz CT molecular complexity index is 974. The highest BCUT2D eigenvalue weighted by atomic mass is 32.1. The van der Waals surface area contributed by atoms with E-state index >= 15 is 0 Å². The molecule has 0 atom stereocenters. The van der Waals surface area contributed by atoms with Crippen molar-refractivity contribution in [2.45, 2.75) is 6.92 Å². The molecule has 3 aromatic rings. The molecule has 1 aromatic heterocycles. The number of rotatable bonds is 3. The Kier molecular flexibility index (Phi) is 5.04. The van der Waals surface area contributed by atoms with Gasteiger partial charge in [-0.2, -0.15) is 0 Å². The number of amides is 2. The van der Waals surface area contributed by atoms with Crippen molar-refractivity contribution in [2.24, 2.45) is 0 Å². The van der Waals surface area contributed by atoms with Crippen LogP contribution in [0.4, 0.5) is 8.78 Å². The van der Waals surface area contributed by atoms with Gasteiger partial charge in [-0.1, -0.05) is 30.3 Å². The molecule has 2 N–H and O–H groups in total. The number of aryl methyl sites for hydroxylation is 1. The highest BCUT2D eigenvalue weighted by Crippen LogP contribution is 2.27. The van der Waals surface area contributed by atoms with Crippen LogP contribution in [0.15, 0.2) is 48.5 Å². The lowest BCUT2D eigenvalue weighted by molar-refractivity contribution is 0.0846. The van der Waals surface area contributed by atoms with Gasteiger partial charge in [-0.15, -0.1) is 11.3 Å². The van der Waals surface area contributed by atoms with Gasteiger partial charge in [0.25, 0.3) is 11.8 Å². The number of benzene rings is 2. The maximum Gasteiger partial charge on any atom is 0.281 e. The van der Waals surface area contributed by atoms with Crippen LogP contribution in [0.25, 0.3) is 10.6 Å². The highest BCUT2D eigenvalue weighted by Gasteiger charge is 2.18. The topological polar surface area (TPSA) is 71.1 Å². The van der Waals surface area contributed by atoms with Gasteiger partial charge < -0.3 is 0 Å². The highest BCUT2D eigenvalue weighted by molar-refractivity contribution is 7.17. The molecule has 3 rings (SSSR count). The Morgan fingerprint density at radius 2 is 1.69 bits per heavy atom. The third-order valence-electron chi connectivity index (χ3n) is 3.49. The average Bonchev–Trinajstić information content (AvgIpc) is 3.02. The van der Waals surface area contributed by atoms with Gasteiger partial charge in [-0.05, 0) is 19.1 Å². The van der Waals surface area contributed by atoms with E-state index in [1.807, 2.05) is 30.3 Å². The molecule has 2 amide bonds. The van der Waals surface area contributed by atoms with Gasteiger partial charge in [0.15, 0.2) is 0 Å². The number of carbonyl (C=O) groups is 2. The first-order valence-corrected chi connectivity index (χ1v) is 8.36. The van der Waals surface area contributed by atoms with Crippen molar-refractivity contribution in [1.29, 1.82) is 0 Å². The zero-order valence-electron chi connectivity index (χ0n) is 13.5. The fourth-order valence-electron chi connectivity index (χ4n) is 2.22. The number of hydrazine groups is 1. The van der Waals surface area contributed by atoms with E-state index in [9.17, 15) is 18.4 Å². The molecule has 0 spiro atoms. The van der Waals surface area contributed by atoms with Crippen molar-refractivity contribution in [3.05, 3.63) is 76.3 Å². The second kappa shape index (κ2) is 7.40. The largest absolute Gasteiger partial charge is 0.281 e. The number of nitrogens with zero attached hydrogens (tertiary/aromatic N) is 1. The summed E-state index contributed by atoms with van der Waals surface area (Å²) < 4.78 is 26.5. The SMILES string of the molecule is Cc1nc(-c2ccccc2)sc1C(=O)NNC(=O)c1ccc(F)cc1F. The van der Waals surface area contributed by atoms with Crippen LogP contribution < -0.4 is 10.9 Å². The number of carbonyl (C=O) groups excluding carboxylic acids is 2. The molecule has 132 valence electrons. The van der Waals surface area contributed by atoms with E-state index < -0.39 is 23.4 Å². The molecule has 1 heterocycles. The Labute approximate surface area is 151 Å². The van der Waals surface area contributed by atoms with Crippen molar-refractivity contribution >= 4 is 23.2 Å². The Morgan fingerprint density at radius 1 is 1.00 bits per heavy atom. The zero-order valence-corrected chi connectivity index (χ0v) is 14.4. The fourth-order valence-corrected chi connectivity index (χ4v) is 3.19. The van der Waals surface area contributed by atoms with Gasteiger partial charge in [-0.3, -0.25) is 20.4 Å². The summed E-state index contributed by atoms with van der Waals surface area (Å²) in [7, 11) is 0. The molecule has 0 radical (unpaired) electrons. The first-order chi connectivity index (χ1) is 12.5. The molecule has 5 nitrogen and oxygen atoms in total. The fraction of sp³-hybridized carbons (Fsp3) is 0.0556. The number of hydrogen-bond donors (Lipinski definition) is 2. The Morgan fingerprint density at radius 3 is 2.38 bits per heavy atom. The molecule has 0 aliphatic heterocycles. The van der Waals surface area contributed by atoms with Crippen LogP contribution in [0.5, 0.6) is 0 Å². The van der Waals surface area contributed by atoms with Crippen LogP contribution in [-0.4, -0.2) is 16.8 Å². The standard InChI is InChI=1S/C18H13F2N3O2S/c1-10-15(26-18(21-10)11-5-3-2-4-6-11)17(25)23-22-16(24)13-8-7-12(19)9-14(13)20/h2-9H,1H3,(H,22,24)(H,23,25). The zero-order chi connectivity index (χ0) is 18.7. The predicted molar refractivity (Wildman–Crippen MR) is 93.6 cm³/mol. The maximum absolute atomic E-state index is 13.6. The first kappa shape index (κ1) is 17.7. The van der Waals surface area contributed by atoms with Crippen LogP contribution in [0, 0.1) is 18.6 Å². The smallest absolute Gasteiger partial charge is 0.267 e. The minimum atomic E-state index is -1.02. The summed E-state index contributed by atoms with van der Waals surface area (Å²) in [5, 5.41) is 0.671. The van der Waals surface area contributed by atoms with Crippen LogP contribution in [0.1, 0.15) is 25.7 Å². The van der Waals surface area contributed by atoms with E-state index in [4.69, 9.17) is 0 Å². The quantitative estimate of drug-likeness (QED) is 0.691. The number of thiazole rings is 1. The van der Waals surface area contributed by atoms with Crippen molar-refractivity contribution < 1.29 is 18.4 Å². The molecule has 0 aliphatic rings. The number of aromatic nitrogens is 1. The van der Waals surface area contributed by atoms with E-state index in [1.54, 1.807) is 6.92 Å². The van der Waals surface area contributed by atoms with E-state index in [0.29, 0.717) is 21.6 Å². The van der Waals surface area contributed by atoms with Crippen LogP contribution >= 0.6 is 11.3 Å². The minimum Gasteiger partial charge on any atom is -0.267 e. The van der Waals surface area contributed by atoms with Crippen molar-refractivity contribution in [3.63, 3.8) is 0 Å². The summed E-state index contributed by atoms with van der Waals surface area (Å²) >= 11 is 1.18. The van der Waals surface area contributed by atoms with Crippen molar-refractivity contribution in [2.75, 3.05) is 0 Å². The maximum atomic E-state index is 13.6. The van der Waals surface area contributed by atoms with Crippen LogP contribution in [0.2, 0.25) is 0 Å². The van der Waals surface area contributed by atoms with Crippen molar-refractivity contribution in [1.82, 2.24) is 15.8 Å². The molecule has 0 saturated heterocycles. The summed E-state index contributed by atoms with van der Waals surface area (Å²) in [6, 6.07) is 11.9. The lowest BCUT2D eigenvalue weighted by atomic mass is 10.2. The number of nitrogens with one attached hydrogen (secondary N) is 2. The summed E-state index contributed by atoms with van der Waals surface area (Å²) in [5.41, 5.74) is 5.33. The molecule has 8 heteroatoms. The molecule has 26 heavy (non-hydrogen) atoms. The molecule has 0 unspecified atom stereocenters. The van der Waals surface area contributed by atoms with Crippen LogP contribution in [0.3, 0.4) is 0 Å². The Balaban J connectivity index is 1.71. The molecule has 0 bridgehead atoms. The molecule has 2 aromatic carbocycles.